The van der Waals surface area contributed by atoms with Crippen LogP contribution in [-0.4, -0.2) is 30.7 Å². The predicted octanol–water partition coefficient (Wildman–Crippen LogP) is -0.284. The first-order chi connectivity index (χ1) is 5.93. The molecule has 0 saturated heterocycles. The molecule has 13 heavy (non-hydrogen) atoms. The summed E-state index contributed by atoms with van der Waals surface area (Å²) in [5.74, 6) is -0.210. The van der Waals surface area contributed by atoms with E-state index in [0.717, 1.165) is 0 Å². The van der Waals surface area contributed by atoms with Crippen molar-refractivity contribution in [2.45, 2.75) is 20.8 Å². The van der Waals surface area contributed by atoms with Gasteiger partial charge in [-0.3, -0.25) is 4.79 Å². The molecule has 0 aromatic heterocycles. The summed E-state index contributed by atoms with van der Waals surface area (Å²) >= 11 is 0. The number of aliphatic hydroxyl groups excluding tert-OH is 1. The Hall–Kier alpha value is -0.610. The van der Waals surface area contributed by atoms with Crippen molar-refractivity contribution in [2.24, 2.45) is 17.1 Å². The first-order valence-corrected chi connectivity index (χ1v) is 4.51. The molecule has 0 rings (SSSR count). The lowest BCUT2D eigenvalue weighted by Gasteiger charge is -2.22. The minimum atomic E-state index is -0.260. The second-order valence-corrected chi connectivity index (χ2v) is 4.18. The van der Waals surface area contributed by atoms with E-state index in [2.05, 4.69) is 5.32 Å². The highest BCUT2D eigenvalue weighted by Gasteiger charge is 2.19. The molecule has 0 saturated carbocycles. The molecule has 0 fully saturated rings. The highest BCUT2D eigenvalue weighted by atomic mass is 16.3. The van der Waals surface area contributed by atoms with Gasteiger partial charge < -0.3 is 16.2 Å². The molecule has 1 unspecified atom stereocenters. The average Bonchev–Trinajstić information content (AvgIpc) is 2.13. The number of carbonyl (C=O) groups is 1. The van der Waals surface area contributed by atoms with Gasteiger partial charge in [-0.05, 0) is 0 Å². The Morgan fingerprint density at radius 2 is 2.15 bits per heavy atom. The molecule has 1 amide bonds. The van der Waals surface area contributed by atoms with Crippen LogP contribution >= 0.6 is 0 Å². The van der Waals surface area contributed by atoms with Crippen molar-refractivity contribution < 1.29 is 9.90 Å². The molecular weight excluding hydrogens is 168 g/mol. The van der Waals surface area contributed by atoms with Crippen LogP contribution in [-0.2, 0) is 4.79 Å². The second kappa shape index (κ2) is 5.19. The Bertz CT molecular complexity index is 169. The lowest BCUT2D eigenvalue weighted by Crippen LogP contribution is -2.40. The molecule has 0 spiro atoms. The smallest absolute Gasteiger partial charge is 0.224 e. The van der Waals surface area contributed by atoms with Crippen LogP contribution in [0.4, 0.5) is 0 Å². The van der Waals surface area contributed by atoms with Crippen LogP contribution in [0, 0.1) is 11.3 Å². The van der Waals surface area contributed by atoms with E-state index in [9.17, 15) is 4.79 Å². The molecule has 0 aliphatic rings. The van der Waals surface area contributed by atoms with Crippen LogP contribution in [0.25, 0.3) is 0 Å². The number of nitrogens with two attached hydrogens (primary N) is 1. The minimum absolute atomic E-state index is 0.0518. The average molecular weight is 188 g/mol. The fourth-order valence-electron chi connectivity index (χ4n) is 0.664. The minimum Gasteiger partial charge on any atom is -0.396 e. The van der Waals surface area contributed by atoms with Crippen molar-refractivity contribution in [2.75, 3.05) is 19.7 Å². The second-order valence-electron chi connectivity index (χ2n) is 4.18. The van der Waals surface area contributed by atoms with E-state index in [0.29, 0.717) is 13.1 Å². The predicted molar refractivity (Wildman–Crippen MR) is 52.1 cm³/mol. The number of hydrogen-bond acceptors (Lipinski definition) is 3. The number of amides is 1. The van der Waals surface area contributed by atoms with E-state index in [-0.39, 0.29) is 23.8 Å². The van der Waals surface area contributed by atoms with Crippen molar-refractivity contribution in [1.82, 2.24) is 5.32 Å². The zero-order valence-corrected chi connectivity index (χ0v) is 8.63. The molecule has 0 aromatic carbocycles. The Morgan fingerprint density at radius 1 is 1.62 bits per heavy atom. The first kappa shape index (κ1) is 12.4. The Kier molecular flexibility index (Phi) is 4.95. The summed E-state index contributed by atoms with van der Waals surface area (Å²) in [4.78, 5) is 11.3. The summed E-state index contributed by atoms with van der Waals surface area (Å²) in [5, 5.41) is 11.7. The maximum Gasteiger partial charge on any atom is 0.224 e. The molecule has 4 nitrogen and oxygen atoms in total. The van der Waals surface area contributed by atoms with E-state index in [4.69, 9.17) is 10.8 Å². The van der Waals surface area contributed by atoms with Gasteiger partial charge in [0.2, 0.25) is 5.91 Å². The third kappa shape index (κ3) is 4.85. The summed E-state index contributed by atoms with van der Waals surface area (Å²) in [6.45, 7) is 6.45. The number of hydrogen-bond donors (Lipinski definition) is 3. The molecule has 0 bridgehead atoms. The van der Waals surface area contributed by atoms with E-state index in [1.54, 1.807) is 6.92 Å². The summed E-state index contributed by atoms with van der Waals surface area (Å²) < 4.78 is 0. The van der Waals surface area contributed by atoms with Crippen molar-refractivity contribution >= 4 is 5.91 Å². The number of nitrogens with one attached hydrogen (secondary N) is 1. The van der Waals surface area contributed by atoms with Crippen LogP contribution < -0.4 is 11.1 Å². The van der Waals surface area contributed by atoms with Crippen molar-refractivity contribution in [3.63, 3.8) is 0 Å². The highest BCUT2D eigenvalue weighted by Crippen LogP contribution is 2.11. The van der Waals surface area contributed by atoms with Gasteiger partial charge in [0.15, 0.2) is 0 Å². The number of rotatable bonds is 5. The molecule has 4 N–H and O–H groups in total. The van der Waals surface area contributed by atoms with Gasteiger partial charge in [0.05, 0.1) is 0 Å². The SMILES string of the molecule is CC(CN)C(=O)NCC(C)(C)CO. The van der Waals surface area contributed by atoms with Crippen LogP contribution in [0.5, 0.6) is 0 Å². The van der Waals surface area contributed by atoms with Crippen LogP contribution in [0.1, 0.15) is 20.8 Å². The Balaban J connectivity index is 3.83. The van der Waals surface area contributed by atoms with Crippen molar-refractivity contribution in [1.29, 1.82) is 0 Å². The van der Waals surface area contributed by atoms with Crippen molar-refractivity contribution in [3.05, 3.63) is 0 Å². The fourth-order valence-corrected chi connectivity index (χ4v) is 0.664. The lowest BCUT2D eigenvalue weighted by molar-refractivity contribution is -0.124. The summed E-state index contributed by atoms with van der Waals surface area (Å²) in [6.07, 6.45) is 0. The van der Waals surface area contributed by atoms with Gasteiger partial charge in [-0.15, -0.1) is 0 Å². The van der Waals surface area contributed by atoms with Gasteiger partial charge in [-0.2, -0.15) is 0 Å². The third-order valence-electron chi connectivity index (χ3n) is 1.97. The van der Waals surface area contributed by atoms with Gasteiger partial charge in [-0.1, -0.05) is 20.8 Å². The van der Waals surface area contributed by atoms with Gasteiger partial charge in [0, 0.05) is 31.0 Å². The third-order valence-corrected chi connectivity index (χ3v) is 1.97. The molecule has 4 heteroatoms. The lowest BCUT2D eigenvalue weighted by atomic mass is 9.95. The Morgan fingerprint density at radius 3 is 2.54 bits per heavy atom. The first-order valence-electron chi connectivity index (χ1n) is 4.51. The van der Waals surface area contributed by atoms with Gasteiger partial charge >= 0.3 is 0 Å². The largest absolute Gasteiger partial charge is 0.396 e. The molecule has 0 radical (unpaired) electrons. The normalized spacial score (nSPS) is 13.9. The van der Waals surface area contributed by atoms with E-state index >= 15 is 0 Å². The van der Waals surface area contributed by atoms with Crippen LogP contribution in [0.2, 0.25) is 0 Å². The van der Waals surface area contributed by atoms with Crippen LogP contribution in [0.15, 0.2) is 0 Å². The molecule has 0 aromatic rings. The van der Waals surface area contributed by atoms with Gasteiger partial charge in [0.25, 0.3) is 0 Å². The summed E-state index contributed by atoms with van der Waals surface area (Å²) in [7, 11) is 0. The maximum atomic E-state index is 11.3. The molecule has 0 aliphatic heterocycles. The zero-order valence-electron chi connectivity index (χ0n) is 8.63. The van der Waals surface area contributed by atoms with Crippen LogP contribution in [0.3, 0.4) is 0 Å². The monoisotopic (exact) mass is 188 g/mol. The standard InChI is InChI=1S/C9H20N2O2/c1-7(4-10)8(13)11-5-9(2,3)6-12/h7,12H,4-6,10H2,1-3H3,(H,11,13). The summed E-state index contributed by atoms with van der Waals surface area (Å²) in [5.41, 5.74) is 5.07. The van der Waals surface area contributed by atoms with E-state index in [1.165, 1.54) is 0 Å². The molecule has 1 atom stereocenters. The molecule has 0 heterocycles. The topological polar surface area (TPSA) is 75.4 Å². The number of carbonyl (C=O) groups excluding carboxylic acids is 1. The molecule has 0 aliphatic carbocycles. The van der Waals surface area contributed by atoms with Crippen molar-refractivity contribution in [3.8, 4) is 0 Å². The highest BCUT2D eigenvalue weighted by molar-refractivity contribution is 5.78. The summed E-state index contributed by atoms with van der Waals surface area (Å²) in [6, 6.07) is 0. The fraction of sp³-hybridized carbons (Fsp3) is 0.889. The maximum absolute atomic E-state index is 11.3. The zero-order chi connectivity index (χ0) is 10.5. The van der Waals surface area contributed by atoms with Gasteiger partial charge in [-0.25, -0.2) is 0 Å². The molecular formula is C9H20N2O2. The van der Waals surface area contributed by atoms with E-state index in [1.807, 2.05) is 13.8 Å². The Labute approximate surface area is 79.5 Å². The van der Waals surface area contributed by atoms with E-state index < -0.39 is 0 Å². The quantitative estimate of drug-likeness (QED) is 0.555. The van der Waals surface area contributed by atoms with Gasteiger partial charge in [0.1, 0.15) is 0 Å². The number of aliphatic hydroxyl groups is 1. The molecule has 78 valence electrons.